The van der Waals surface area contributed by atoms with Gasteiger partial charge in [-0.15, -0.1) is 5.92 Å². The van der Waals surface area contributed by atoms with Crippen LogP contribution in [0.15, 0.2) is 24.3 Å². The molecule has 0 amide bonds. The fourth-order valence-corrected chi connectivity index (χ4v) is 1.48. The molecule has 1 aromatic carbocycles. The Morgan fingerprint density at radius 2 is 1.67 bits per heavy atom. The maximum atomic E-state index is 10.4. The van der Waals surface area contributed by atoms with Gasteiger partial charge in [0, 0.05) is 32.7 Å². The van der Waals surface area contributed by atoms with Crippen molar-refractivity contribution in [1.82, 2.24) is 0 Å². The molecule has 1 atom stereocenters. The fraction of sp³-hybridized carbons (Fsp3) is 0.462. The second kappa shape index (κ2) is 7.30. The van der Waals surface area contributed by atoms with E-state index in [4.69, 9.17) is 0 Å². The first kappa shape index (κ1) is 15.0. The fourth-order valence-electron chi connectivity index (χ4n) is 1.48. The summed E-state index contributed by atoms with van der Waals surface area (Å²) in [5.41, 5.74) is 2.38. The Morgan fingerprint density at radius 3 is 2.07 bits per heavy atom. The van der Waals surface area contributed by atoms with Gasteiger partial charge in [0.05, 0.1) is 0 Å². The molecule has 1 unspecified atom stereocenters. The molecule has 15 heavy (non-hydrogen) atoms. The van der Waals surface area contributed by atoms with Crippen LogP contribution in [0.1, 0.15) is 37.8 Å². The third-order valence-corrected chi connectivity index (χ3v) is 2.30. The molecule has 0 saturated heterocycles. The Morgan fingerprint density at radius 1 is 1.13 bits per heavy atom. The zero-order valence-corrected chi connectivity index (χ0v) is 12.5. The molecule has 0 N–H and O–H groups in total. The van der Waals surface area contributed by atoms with E-state index in [2.05, 4.69) is 26.0 Å². The molecule has 1 aromatic rings. The van der Waals surface area contributed by atoms with E-state index in [-0.39, 0.29) is 38.6 Å². The van der Waals surface area contributed by atoms with Gasteiger partial charge in [-0.25, -0.2) is 0 Å². The van der Waals surface area contributed by atoms with E-state index in [1.807, 2.05) is 25.3 Å². The molecule has 0 aliphatic carbocycles. The minimum absolute atomic E-state index is 0. The van der Waals surface area contributed by atoms with E-state index in [1.54, 1.807) is 0 Å². The summed E-state index contributed by atoms with van der Waals surface area (Å²) in [6.45, 7) is 6.27. The van der Waals surface area contributed by atoms with Crippen LogP contribution in [0.2, 0.25) is 0 Å². The topological polar surface area (TPSA) is 17.1 Å². The molecule has 0 bridgehead atoms. The smallest absolute Gasteiger partial charge is 0 e. The van der Waals surface area contributed by atoms with E-state index in [0.717, 1.165) is 12.0 Å². The van der Waals surface area contributed by atoms with E-state index >= 15 is 0 Å². The molecule has 1 rings (SSSR count). The largest absolute Gasteiger partial charge is 0.541 e. The Kier molecular flexibility index (Phi) is 7.29. The first-order chi connectivity index (χ1) is 6.63. The summed E-state index contributed by atoms with van der Waals surface area (Å²) in [5, 5.41) is 0. The second-order valence-corrected chi connectivity index (χ2v) is 4.18. The van der Waals surface area contributed by atoms with Gasteiger partial charge in [0.15, 0.2) is 0 Å². The number of hydrogen-bond acceptors (Lipinski definition) is 1. The van der Waals surface area contributed by atoms with E-state index in [0.29, 0.717) is 5.92 Å². The average Bonchev–Trinajstić information content (AvgIpc) is 2.17. The molecule has 1 radical (unpaired) electrons. The van der Waals surface area contributed by atoms with Gasteiger partial charge >= 0.3 is 0 Å². The predicted octanol–water partition coefficient (Wildman–Crippen LogP) is 3.10. The third kappa shape index (κ3) is 5.04. The van der Waals surface area contributed by atoms with Crippen LogP contribution in [0.5, 0.6) is 0 Å². The first-order valence-electron chi connectivity index (χ1n) is 5.10. The summed E-state index contributed by atoms with van der Waals surface area (Å²) in [6.07, 6.45) is 3.09. The minimum atomic E-state index is -0.108. The van der Waals surface area contributed by atoms with Gasteiger partial charge in [0.2, 0.25) is 0 Å². The average molecular weight is 278 g/mol. The molecule has 0 saturated carbocycles. The number of benzene rings is 1. The van der Waals surface area contributed by atoms with Gasteiger partial charge in [0.1, 0.15) is 0 Å². The number of rotatable bonds is 4. The monoisotopic (exact) mass is 278 g/mol. The quantitative estimate of drug-likeness (QED) is 0.773. The molecule has 0 fully saturated rings. The standard InChI is InChI=1S/C13H17O.Y/c1-10(2)8-12-4-6-13(7-5-12)11(3)9-14;/h4-7,10-11H,8H2,1-3H3;/q-1;. The van der Waals surface area contributed by atoms with Crippen molar-refractivity contribution in [3.8, 4) is 0 Å². The van der Waals surface area contributed by atoms with Crippen LogP contribution in [0.25, 0.3) is 0 Å². The van der Waals surface area contributed by atoms with Crippen LogP contribution in [-0.4, -0.2) is 6.29 Å². The molecular weight excluding hydrogens is 261 g/mol. The number of hydrogen-bond donors (Lipinski definition) is 0. The molecule has 0 aliphatic heterocycles. The summed E-state index contributed by atoms with van der Waals surface area (Å²) >= 11 is 0. The normalized spacial score (nSPS) is 12.0. The maximum absolute atomic E-state index is 10.4. The first-order valence-corrected chi connectivity index (χ1v) is 5.10. The zero-order chi connectivity index (χ0) is 10.6. The van der Waals surface area contributed by atoms with Crippen molar-refractivity contribution in [1.29, 1.82) is 0 Å². The molecule has 0 spiro atoms. The van der Waals surface area contributed by atoms with Gasteiger partial charge in [-0.05, 0) is 17.9 Å². The van der Waals surface area contributed by atoms with Crippen LogP contribution < -0.4 is 0 Å². The summed E-state index contributed by atoms with van der Waals surface area (Å²) in [7, 11) is 0. The van der Waals surface area contributed by atoms with Crippen LogP contribution in [0.3, 0.4) is 0 Å². The van der Waals surface area contributed by atoms with Crippen LogP contribution >= 0.6 is 0 Å². The summed E-state index contributed by atoms with van der Waals surface area (Å²) < 4.78 is 0. The SMILES string of the molecule is CC(C)Cc1ccc(C(C)[C-]=O)cc1.[Y]. The molecule has 0 heterocycles. The van der Waals surface area contributed by atoms with Crippen LogP contribution in [0.4, 0.5) is 0 Å². The van der Waals surface area contributed by atoms with Crippen molar-refractivity contribution in [2.24, 2.45) is 5.92 Å². The van der Waals surface area contributed by atoms with Gasteiger partial charge in [-0.2, -0.15) is 0 Å². The van der Waals surface area contributed by atoms with E-state index in [9.17, 15) is 4.79 Å². The summed E-state index contributed by atoms with van der Waals surface area (Å²) in [6, 6.07) is 8.24. The van der Waals surface area contributed by atoms with E-state index < -0.39 is 0 Å². The number of carbonyl (C=O) groups excluding carboxylic acids is 1. The predicted molar refractivity (Wildman–Crippen MR) is 59.1 cm³/mol. The maximum Gasteiger partial charge on any atom is 0 e. The Hall–Kier alpha value is -0.00610. The van der Waals surface area contributed by atoms with E-state index in [1.165, 1.54) is 5.56 Å². The van der Waals surface area contributed by atoms with Gasteiger partial charge in [-0.3, -0.25) is 6.29 Å². The molecule has 0 aliphatic rings. The molecule has 2 heteroatoms. The van der Waals surface area contributed by atoms with Gasteiger partial charge in [0.25, 0.3) is 0 Å². The third-order valence-electron chi connectivity index (χ3n) is 2.30. The molecule has 1 nitrogen and oxygen atoms in total. The van der Waals surface area contributed by atoms with Crippen molar-refractivity contribution in [3.05, 3.63) is 35.4 Å². The van der Waals surface area contributed by atoms with Crippen LogP contribution in [-0.2, 0) is 43.9 Å². The minimum Gasteiger partial charge on any atom is -0.541 e. The summed E-state index contributed by atoms with van der Waals surface area (Å²) in [5.74, 6) is 0.569. The van der Waals surface area contributed by atoms with Crippen molar-refractivity contribution >= 4 is 6.29 Å². The Balaban J connectivity index is 0.00000196. The molecule has 79 valence electrons. The molecule has 0 aromatic heterocycles. The van der Waals surface area contributed by atoms with Gasteiger partial charge in [-0.1, -0.05) is 50.6 Å². The zero-order valence-electron chi connectivity index (χ0n) is 9.66. The summed E-state index contributed by atoms with van der Waals surface area (Å²) in [4.78, 5) is 10.4. The van der Waals surface area contributed by atoms with Gasteiger partial charge < -0.3 is 4.79 Å². The van der Waals surface area contributed by atoms with Crippen molar-refractivity contribution < 1.29 is 37.5 Å². The van der Waals surface area contributed by atoms with Crippen molar-refractivity contribution in [2.45, 2.75) is 33.1 Å². The molecular formula is C13H17OY-. The van der Waals surface area contributed by atoms with Crippen molar-refractivity contribution in [3.63, 3.8) is 0 Å². The van der Waals surface area contributed by atoms with Crippen molar-refractivity contribution in [2.75, 3.05) is 0 Å². The second-order valence-electron chi connectivity index (χ2n) is 4.18. The Labute approximate surface area is 118 Å². The van der Waals surface area contributed by atoms with Crippen LogP contribution in [0, 0.1) is 5.92 Å². The Bertz CT molecular complexity index is 290.